The van der Waals surface area contributed by atoms with E-state index in [1.807, 2.05) is 11.6 Å². The van der Waals surface area contributed by atoms with E-state index in [1.54, 1.807) is 11.3 Å². The minimum absolute atomic E-state index is 0.0540. The van der Waals surface area contributed by atoms with Gasteiger partial charge in [-0.3, -0.25) is 5.73 Å². The summed E-state index contributed by atoms with van der Waals surface area (Å²) in [6.45, 7) is 4.38. The molecule has 1 spiro atoms. The molecule has 0 aliphatic carbocycles. The SMILES string of the molecule is NC1OC2(CN3CCC2CC3)CN1c1nccs1. The fourth-order valence-corrected chi connectivity index (χ4v) is 4.36. The van der Waals surface area contributed by atoms with E-state index in [4.69, 9.17) is 10.5 Å². The Bertz CT molecular complexity index is 431. The van der Waals surface area contributed by atoms with Crippen molar-refractivity contribution in [3.05, 3.63) is 11.6 Å². The number of anilines is 1. The van der Waals surface area contributed by atoms with Gasteiger partial charge in [-0.15, -0.1) is 11.3 Å². The summed E-state index contributed by atoms with van der Waals surface area (Å²) in [5, 5.41) is 2.97. The molecule has 4 aliphatic rings. The van der Waals surface area contributed by atoms with Gasteiger partial charge in [0.1, 0.15) is 5.60 Å². The molecule has 0 amide bonds. The Balaban J connectivity index is 1.62. The molecule has 5 heterocycles. The fourth-order valence-electron chi connectivity index (χ4n) is 3.69. The van der Waals surface area contributed by atoms with Crippen molar-refractivity contribution in [2.45, 2.75) is 24.8 Å². The van der Waals surface area contributed by atoms with Gasteiger partial charge in [-0.2, -0.15) is 0 Å². The van der Waals surface area contributed by atoms with Crippen LogP contribution in [0.4, 0.5) is 5.13 Å². The van der Waals surface area contributed by atoms with E-state index in [1.165, 1.54) is 25.9 Å². The average molecular weight is 266 g/mol. The molecule has 1 aromatic heterocycles. The Morgan fingerprint density at radius 2 is 2.22 bits per heavy atom. The predicted molar refractivity (Wildman–Crippen MR) is 70.4 cm³/mol. The first-order chi connectivity index (χ1) is 8.77. The van der Waals surface area contributed by atoms with Gasteiger partial charge in [-0.25, -0.2) is 4.98 Å². The largest absolute Gasteiger partial charge is 0.335 e. The van der Waals surface area contributed by atoms with Gasteiger partial charge in [-0.1, -0.05) is 0 Å². The Morgan fingerprint density at radius 3 is 2.83 bits per heavy atom. The highest BCUT2D eigenvalue weighted by Gasteiger charge is 2.54. The second kappa shape index (κ2) is 3.90. The minimum Gasteiger partial charge on any atom is -0.335 e. The van der Waals surface area contributed by atoms with Crippen LogP contribution in [0, 0.1) is 5.92 Å². The number of aromatic nitrogens is 1. The predicted octanol–water partition coefficient (Wildman–Crippen LogP) is 0.686. The van der Waals surface area contributed by atoms with Gasteiger partial charge in [0.15, 0.2) is 11.5 Å². The molecule has 98 valence electrons. The standard InChI is InChI=1S/C12H18N4OS/c13-10-16(11-14-3-6-18-11)8-12(17-10)7-15-4-1-9(12)2-5-15/h3,6,9-10H,1-2,4-5,7-8,13H2. The van der Waals surface area contributed by atoms with Crippen LogP contribution in [0.15, 0.2) is 11.6 Å². The zero-order valence-electron chi connectivity index (χ0n) is 10.3. The van der Waals surface area contributed by atoms with Crippen LogP contribution >= 0.6 is 11.3 Å². The van der Waals surface area contributed by atoms with Crippen molar-refractivity contribution >= 4 is 16.5 Å². The van der Waals surface area contributed by atoms with Crippen LogP contribution in [-0.2, 0) is 4.74 Å². The molecule has 0 saturated carbocycles. The molecule has 6 heteroatoms. The van der Waals surface area contributed by atoms with Crippen LogP contribution in [-0.4, -0.2) is 48.0 Å². The first kappa shape index (κ1) is 11.2. The lowest BCUT2D eigenvalue weighted by molar-refractivity contribution is -0.137. The topological polar surface area (TPSA) is 54.6 Å². The molecule has 2 N–H and O–H groups in total. The summed E-state index contributed by atoms with van der Waals surface area (Å²) < 4.78 is 6.19. The molecule has 4 fully saturated rings. The first-order valence-corrected chi connectivity index (χ1v) is 7.47. The van der Waals surface area contributed by atoms with Crippen LogP contribution in [0.3, 0.4) is 0 Å². The zero-order valence-corrected chi connectivity index (χ0v) is 11.1. The highest BCUT2D eigenvalue weighted by Crippen LogP contribution is 2.43. The van der Waals surface area contributed by atoms with Gasteiger partial charge >= 0.3 is 0 Å². The fraction of sp³-hybridized carbons (Fsp3) is 0.750. The molecule has 5 nitrogen and oxygen atoms in total. The summed E-state index contributed by atoms with van der Waals surface area (Å²) >= 11 is 1.63. The highest BCUT2D eigenvalue weighted by atomic mass is 32.1. The summed E-state index contributed by atoms with van der Waals surface area (Å²) in [5.41, 5.74) is 6.11. The number of ether oxygens (including phenoxy) is 1. The number of piperidine rings is 3. The zero-order chi connectivity index (χ0) is 12.2. The summed E-state index contributed by atoms with van der Waals surface area (Å²) in [6.07, 6.45) is 3.99. The number of nitrogens with zero attached hydrogens (tertiary/aromatic N) is 3. The average Bonchev–Trinajstić information content (AvgIpc) is 2.99. The third-order valence-corrected chi connectivity index (χ3v) is 5.40. The van der Waals surface area contributed by atoms with Crippen LogP contribution in [0.1, 0.15) is 12.8 Å². The Kier molecular flexibility index (Phi) is 2.42. The molecule has 5 rings (SSSR count). The molecule has 18 heavy (non-hydrogen) atoms. The molecule has 2 unspecified atom stereocenters. The van der Waals surface area contributed by atoms with Crippen molar-refractivity contribution in [1.82, 2.24) is 9.88 Å². The van der Waals surface area contributed by atoms with Crippen molar-refractivity contribution in [3.8, 4) is 0 Å². The van der Waals surface area contributed by atoms with Gasteiger partial charge in [0.25, 0.3) is 0 Å². The van der Waals surface area contributed by atoms with Gasteiger partial charge in [-0.05, 0) is 31.8 Å². The third kappa shape index (κ3) is 1.53. The molecule has 1 aromatic rings. The monoisotopic (exact) mass is 266 g/mol. The molecular weight excluding hydrogens is 248 g/mol. The molecule has 4 aliphatic heterocycles. The third-order valence-electron chi connectivity index (χ3n) is 4.59. The maximum atomic E-state index is 6.19. The van der Waals surface area contributed by atoms with Crippen molar-refractivity contribution in [1.29, 1.82) is 0 Å². The summed E-state index contributed by atoms with van der Waals surface area (Å²) in [7, 11) is 0. The normalized spacial score (nSPS) is 42.9. The summed E-state index contributed by atoms with van der Waals surface area (Å²) in [6, 6.07) is 0. The molecule has 2 bridgehead atoms. The number of hydrogen-bond donors (Lipinski definition) is 1. The maximum Gasteiger partial charge on any atom is 0.188 e. The molecule has 0 radical (unpaired) electrons. The van der Waals surface area contributed by atoms with Crippen LogP contribution in [0.25, 0.3) is 0 Å². The summed E-state index contributed by atoms with van der Waals surface area (Å²) in [4.78, 5) is 8.99. The Morgan fingerprint density at radius 1 is 1.39 bits per heavy atom. The molecule has 0 aromatic carbocycles. The van der Waals surface area contributed by atoms with Crippen molar-refractivity contribution in [2.24, 2.45) is 11.7 Å². The number of fused-ring (bicyclic) bond motifs is 2. The van der Waals surface area contributed by atoms with Crippen molar-refractivity contribution in [2.75, 3.05) is 31.1 Å². The van der Waals surface area contributed by atoms with Gasteiger partial charge in [0.2, 0.25) is 0 Å². The van der Waals surface area contributed by atoms with E-state index < -0.39 is 0 Å². The van der Waals surface area contributed by atoms with Gasteiger partial charge in [0.05, 0.1) is 6.54 Å². The lowest BCUT2D eigenvalue weighted by Gasteiger charge is -2.50. The number of rotatable bonds is 1. The quantitative estimate of drug-likeness (QED) is 0.810. The second-order valence-electron chi connectivity index (χ2n) is 5.57. The molecule has 4 saturated heterocycles. The lowest BCUT2D eigenvalue weighted by Crippen LogP contribution is -2.61. The van der Waals surface area contributed by atoms with E-state index in [2.05, 4.69) is 14.8 Å². The van der Waals surface area contributed by atoms with E-state index in [9.17, 15) is 0 Å². The van der Waals surface area contributed by atoms with Gasteiger partial charge < -0.3 is 14.5 Å². The number of hydrogen-bond acceptors (Lipinski definition) is 6. The van der Waals surface area contributed by atoms with E-state index in [0.29, 0.717) is 5.92 Å². The lowest BCUT2D eigenvalue weighted by atomic mass is 9.75. The van der Waals surface area contributed by atoms with E-state index in [0.717, 1.165) is 18.2 Å². The Labute approximate surface area is 111 Å². The van der Waals surface area contributed by atoms with Crippen molar-refractivity contribution < 1.29 is 4.74 Å². The highest BCUT2D eigenvalue weighted by molar-refractivity contribution is 7.13. The molecule has 2 atom stereocenters. The maximum absolute atomic E-state index is 6.19. The van der Waals surface area contributed by atoms with Gasteiger partial charge in [0, 0.05) is 18.1 Å². The smallest absolute Gasteiger partial charge is 0.188 e. The number of nitrogens with two attached hydrogens (primary N) is 1. The minimum atomic E-state index is -0.336. The van der Waals surface area contributed by atoms with Crippen LogP contribution < -0.4 is 10.6 Å². The first-order valence-electron chi connectivity index (χ1n) is 6.59. The van der Waals surface area contributed by atoms with E-state index in [-0.39, 0.29) is 12.0 Å². The Hall–Kier alpha value is -0.690. The molecular formula is C12H18N4OS. The van der Waals surface area contributed by atoms with Crippen LogP contribution in [0.5, 0.6) is 0 Å². The number of thiazole rings is 1. The summed E-state index contributed by atoms with van der Waals surface area (Å²) in [5.74, 6) is 0.665. The van der Waals surface area contributed by atoms with Crippen LogP contribution in [0.2, 0.25) is 0 Å². The second-order valence-corrected chi connectivity index (χ2v) is 6.44. The van der Waals surface area contributed by atoms with E-state index >= 15 is 0 Å². The van der Waals surface area contributed by atoms with Crippen molar-refractivity contribution in [3.63, 3.8) is 0 Å².